The Balaban J connectivity index is 0.00000312. The van der Waals surface area contributed by atoms with Gasteiger partial charge in [-0.05, 0) is 37.3 Å². The number of nitrogens with two attached hydrogens (primary N) is 1. The number of halogens is 3. The molecule has 5 nitrogen and oxygen atoms in total. The molecule has 1 amide bonds. The summed E-state index contributed by atoms with van der Waals surface area (Å²) in [5.41, 5.74) is 5.81. The van der Waals surface area contributed by atoms with Crippen molar-refractivity contribution in [3.05, 3.63) is 34.6 Å². The van der Waals surface area contributed by atoms with Gasteiger partial charge in [-0.1, -0.05) is 17.7 Å². The predicted molar refractivity (Wildman–Crippen MR) is 110 cm³/mol. The van der Waals surface area contributed by atoms with E-state index < -0.39 is 0 Å². The van der Waals surface area contributed by atoms with Crippen LogP contribution >= 0.6 is 35.6 Å². The van der Waals surface area contributed by atoms with Gasteiger partial charge in [0, 0.05) is 43.7 Å². The average Bonchev–Trinajstić information content (AvgIpc) is 2.53. The zero-order chi connectivity index (χ0) is 17.5. The number of piperidine rings is 1. The SMILES string of the molecule is CN=C(NCCc1c(F)cccc1Cl)N1CCCC(CC(N)=O)C1.I. The number of hydrogen-bond acceptors (Lipinski definition) is 2. The largest absolute Gasteiger partial charge is 0.370 e. The molecule has 0 saturated carbocycles. The quantitative estimate of drug-likeness (QED) is 0.385. The van der Waals surface area contributed by atoms with Gasteiger partial charge in [0.15, 0.2) is 5.96 Å². The maximum atomic E-state index is 13.8. The number of guanidine groups is 1. The van der Waals surface area contributed by atoms with Gasteiger partial charge < -0.3 is 16.0 Å². The maximum absolute atomic E-state index is 13.8. The van der Waals surface area contributed by atoms with Crippen molar-refractivity contribution in [3.63, 3.8) is 0 Å². The Morgan fingerprint density at radius 1 is 1.52 bits per heavy atom. The highest BCUT2D eigenvalue weighted by atomic mass is 127. The molecule has 1 atom stereocenters. The zero-order valence-corrected chi connectivity index (χ0v) is 17.4. The molecular weight excluding hydrogens is 458 g/mol. The third-order valence-corrected chi connectivity index (χ3v) is 4.59. The maximum Gasteiger partial charge on any atom is 0.217 e. The van der Waals surface area contributed by atoms with Crippen molar-refractivity contribution in [2.24, 2.45) is 16.6 Å². The molecule has 3 N–H and O–H groups in total. The molecule has 0 spiro atoms. The Bertz CT molecular complexity index is 594. The topological polar surface area (TPSA) is 70.7 Å². The smallest absolute Gasteiger partial charge is 0.217 e. The number of nitrogens with one attached hydrogen (secondary N) is 1. The number of rotatable bonds is 5. The lowest BCUT2D eigenvalue weighted by molar-refractivity contribution is -0.119. The fourth-order valence-corrected chi connectivity index (χ4v) is 3.37. The van der Waals surface area contributed by atoms with E-state index in [0.717, 1.165) is 31.9 Å². The molecule has 0 bridgehead atoms. The number of hydrogen-bond donors (Lipinski definition) is 2. The van der Waals surface area contributed by atoms with Crippen LogP contribution in [0.15, 0.2) is 23.2 Å². The highest BCUT2D eigenvalue weighted by molar-refractivity contribution is 14.0. The van der Waals surface area contributed by atoms with E-state index in [2.05, 4.69) is 15.2 Å². The van der Waals surface area contributed by atoms with E-state index >= 15 is 0 Å². The summed E-state index contributed by atoms with van der Waals surface area (Å²) < 4.78 is 13.8. The van der Waals surface area contributed by atoms with Crippen molar-refractivity contribution in [3.8, 4) is 0 Å². The van der Waals surface area contributed by atoms with Gasteiger partial charge in [0.2, 0.25) is 5.91 Å². The van der Waals surface area contributed by atoms with Gasteiger partial charge in [-0.15, -0.1) is 24.0 Å². The van der Waals surface area contributed by atoms with Gasteiger partial charge in [-0.3, -0.25) is 9.79 Å². The Kier molecular flexibility index (Phi) is 9.48. The fraction of sp³-hybridized carbons (Fsp3) is 0.529. The highest BCUT2D eigenvalue weighted by Crippen LogP contribution is 2.20. The minimum absolute atomic E-state index is 0. The minimum atomic E-state index is -0.293. The molecule has 1 fully saturated rings. The molecule has 1 aromatic rings. The van der Waals surface area contributed by atoms with Crippen molar-refractivity contribution in [1.29, 1.82) is 0 Å². The van der Waals surface area contributed by atoms with E-state index in [0.29, 0.717) is 30.0 Å². The first-order valence-electron chi connectivity index (χ1n) is 8.18. The van der Waals surface area contributed by atoms with Crippen molar-refractivity contribution in [1.82, 2.24) is 10.2 Å². The third kappa shape index (κ3) is 6.62. The van der Waals surface area contributed by atoms with E-state index in [9.17, 15) is 9.18 Å². The molecular formula is C17H25ClFIN4O. The van der Waals surface area contributed by atoms with Crippen molar-refractivity contribution in [2.45, 2.75) is 25.7 Å². The predicted octanol–water partition coefficient (Wildman–Crippen LogP) is 2.80. The van der Waals surface area contributed by atoms with E-state index in [1.165, 1.54) is 6.07 Å². The number of likely N-dealkylation sites (tertiary alicyclic amines) is 1. The van der Waals surface area contributed by atoms with Gasteiger partial charge in [-0.25, -0.2) is 4.39 Å². The summed E-state index contributed by atoms with van der Waals surface area (Å²) in [6.45, 7) is 2.17. The second kappa shape index (κ2) is 10.8. The monoisotopic (exact) mass is 482 g/mol. The summed E-state index contributed by atoms with van der Waals surface area (Å²) in [5, 5.41) is 3.69. The van der Waals surface area contributed by atoms with Crippen LogP contribution in [-0.2, 0) is 11.2 Å². The molecule has 25 heavy (non-hydrogen) atoms. The average molecular weight is 483 g/mol. The van der Waals surface area contributed by atoms with Crippen molar-refractivity contribution < 1.29 is 9.18 Å². The summed E-state index contributed by atoms with van der Waals surface area (Å²) in [6.07, 6.45) is 2.88. The first-order valence-corrected chi connectivity index (χ1v) is 8.56. The van der Waals surface area contributed by atoms with Gasteiger partial charge in [0.05, 0.1) is 0 Å². The van der Waals surface area contributed by atoms with E-state index in [-0.39, 0.29) is 41.6 Å². The summed E-state index contributed by atoms with van der Waals surface area (Å²) in [5.74, 6) is 0.463. The first-order chi connectivity index (χ1) is 11.5. The van der Waals surface area contributed by atoms with E-state index in [1.54, 1.807) is 19.2 Å². The summed E-state index contributed by atoms with van der Waals surface area (Å²) >= 11 is 6.04. The Morgan fingerprint density at radius 3 is 2.92 bits per heavy atom. The van der Waals surface area contributed by atoms with Gasteiger partial charge >= 0.3 is 0 Å². The standard InChI is InChI=1S/C17H24ClFN4O.HI/c1-21-17(23-9-3-4-12(11-23)10-16(20)24)22-8-7-13-14(18)5-2-6-15(13)19;/h2,5-6,12H,3-4,7-11H2,1H3,(H2,20,24)(H,21,22);1H. The number of carbonyl (C=O) groups is 1. The summed E-state index contributed by atoms with van der Waals surface area (Å²) in [6, 6.07) is 4.70. The van der Waals surface area contributed by atoms with Gasteiger partial charge in [0.25, 0.3) is 0 Å². The molecule has 0 radical (unpaired) electrons. The summed E-state index contributed by atoms with van der Waals surface area (Å²) in [7, 11) is 1.72. The number of primary amides is 1. The molecule has 1 saturated heterocycles. The van der Waals surface area contributed by atoms with Crippen LogP contribution in [0.3, 0.4) is 0 Å². The Morgan fingerprint density at radius 2 is 2.28 bits per heavy atom. The van der Waals surface area contributed by atoms with Crippen LogP contribution in [0.1, 0.15) is 24.8 Å². The van der Waals surface area contributed by atoms with E-state index in [4.69, 9.17) is 17.3 Å². The molecule has 1 aliphatic rings. The molecule has 0 aromatic heterocycles. The second-order valence-electron chi connectivity index (χ2n) is 6.05. The lowest BCUT2D eigenvalue weighted by Gasteiger charge is -2.34. The fourth-order valence-electron chi connectivity index (χ4n) is 3.11. The van der Waals surface area contributed by atoms with Crippen molar-refractivity contribution in [2.75, 3.05) is 26.7 Å². The molecule has 1 unspecified atom stereocenters. The number of nitrogens with zero attached hydrogens (tertiary/aromatic N) is 2. The zero-order valence-electron chi connectivity index (χ0n) is 14.3. The number of benzene rings is 1. The van der Waals surface area contributed by atoms with Crippen LogP contribution < -0.4 is 11.1 Å². The van der Waals surface area contributed by atoms with Crippen LogP contribution in [0, 0.1) is 11.7 Å². The number of aliphatic imine (C=N–C) groups is 1. The molecule has 1 aliphatic heterocycles. The molecule has 140 valence electrons. The third-order valence-electron chi connectivity index (χ3n) is 4.24. The molecule has 0 aliphatic carbocycles. The lowest BCUT2D eigenvalue weighted by Crippen LogP contribution is -2.47. The molecule has 1 heterocycles. The molecule has 8 heteroatoms. The number of carbonyl (C=O) groups excluding carboxylic acids is 1. The normalized spacial score (nSPS) is 17.8. The van der Waals surface area contributed by atoms with Crippen LogP contribution in [0.2, 0.25) is 5.02 Å². The lowest BCUT2D eigenvalue weighted by atomic mass is 9.95. The summed E-state index contributed by atoms with van der Waals surface area (Å²) in [4.78, 5) is 17.5. The van der Waals surface area contributed by atoms with Gasteiger partial charge in [-0.2, -0.15) is 0 Å². The Labute approximate surface area is 170 Å². The Hall–Kier alpha value is -1.09. The van der Waals surface area contributed by atoms with Crippen LogP contribution in [0.5, 0.6) is 0 Å². The van der Waals surface area contributed by atoms with Crippen molar-refractivity contribution >= 4 is 47.4 Å². The van der Waals surface area contributed by atoms with E-state index in [1.807, 2.05) is 0 Å². The van der Waals surface area contributed by atoms with Crippen LogP contribution in [-0.4, -0.2) is 43.4 Å². The molecule has 1 aromatic carbocycles. The highest BCUT2D eigenvalue weighted by Gasteiger charge is 2.23. The first kappa shape index (κ1) is 22.0. The van der Waals surface area contributed by atoms with Crippen LogP contribution in [0.25, 0.3) is 0 Å². The minimum Gasteiger partial charge on any atom is -0.370 e. The van der Waals surface area contributed by atoms with Gasteiger partial charge in [0.1, 0.15) is 5.82 Å². The van der Waals surface area contributed by atoms with Crippen LogP contribution in [0.4, 0.5) is 4.39 Å². The second-order valence-corrected chi connectivity index (χ2v) is 6.46. The number of amides is 1. The molecule has 2 rings (SSSR count).